The molecular weight excluding hydrogens is 394 g/mol. The number of nitrogens with one attached hydrogen (secondary N) is 2. The first-order valence-corrected chi connectivity index (χ1v) is 10.1. The van der Waals surface area contributed by atoms with E-state index in [0.29, 0.717) is 19.6 Å². The van der Waals surface area contributed by atoms with Gasteiger partial charge in [-0.25, -0.2) is 4.68 Å². The quantitative estimate of drug-likeness (QED) is 0.264. The number of aryl methyl sites for hydroxylation is 1. The summed E-state index contributed by atoms with van der Waals surface area (Å²) in [5.74, 6) is 0.115. The molecule has 2 aromatic carbocycles. The van der Waals surface area contributed by atoms with Gasteiger partial charge in [0.05, 0.1) is 12.3 Å². The lowest BCUT2D eigenvalue weighted by atomic mass is 10.00. The molecule has 3 aromatic rings. The van der Waals surface area contributed by atoms with Gasteiger partial charge >= 0.3 is 0 Å². The Labute approximate surface area is 181 Å². The summed E-state index contributed by atoms with van der Waals surface area (Å²) in [6, 6.07) is 15.9. The van der Waals surface area contributed by atoms with Crippen molar-refractivity contribution in [1.82, 2.24) is 15.1 Å². The van der Waals surface area contributed by atoms with Gasteiger partial charge < -0.3 is 15.2 Å². The third kappa shape index (κ3) is 6.42. The molecule has 0 fully saturated rings. The molecule has 8 heteroatoms. The van der Waals surface area contributed by atoms with Crippen LogP contribution in [0.15, 0.2) is 60.9 Å². The first-order valence-electron chi connectivity index (χ1n) is 10.1. The van der Waals surface area contributed by atoms with Crippen LogP contribution in [0.1, 0.15) is 18.4 Å². The van der Waals surface area contributed by atoms with Crippen molar-refractivity contribution >= 4 is 11.9 Å². The molecule has 8 nitrogen and oxygen atoms in total. The molecule has 0 aliphatic rings. The zero-order chi connectivity index (χ0) is 22.1. The molecule has 0 bridgehead atoms. The molecule has 1 aromatic heterocycles. The molecule has 1 amide bonds. The van der Waals surface area contributed by atoms with Gasteiger partial charge in [-0.05, 0) is 41.8 Å². The van der Waals surface area contributed by atoms with Crippen molar-refractivity contribution in [2.45, 2.75) is 19.3 Å². The molecule has 0 saturated heterocycles. The standard InChI is InChI=1S/C23H27N5O3/c1-30-13-4-14-31-21-15-17(8-10-22(29)27-23(24)25)7-9-20(21)18-5-2-6-19(16-18)28-12-3-11-26-28/h2-3,5-7,9,11-12,15-16H,4,8,10,13-14H2,1H3,(H4,24,25,27,29). The third-order valence-electron chi connectivity index (χ3n) is 4.64. The highest BCUT2D eigenvalue weighted by atomic mass is 16.5. The topological polar surface area (TPSA) is 115 Å². The SMILES string of the molecule is COCCCOc1cc(CCC(=O)NC(=N)N)ccc1-c1cccc(-n2cccn2)c1. The molecule has 1 heterocycles. The van der Waals surface area contributed by atoms with E-state index in [2.05, 4.69) is 16.5 Å². The molecule has 0 aliphatic carbocycles. The first kappa shape index (κ1) is 22.0. The van der Waals surface area contributed by atoms with E-state index < -0.39 is 0 Å². The van der Waals surface area contributed by atoms with Crippen LogP contribution in [-0.2, 0) is 16.0 Å². The summed E-state index contributed by atoms with van der Waals surface area (Å²) in [5.41, 5.74) is 9.11. The number of guanidine groups is 1. The van der Waals surface area contributed by atoms with Crippen LogP contribution >= 0.6 is 0 Å². The number of rotatable bonds is 10. The number of carbonyl (C=O) groups excluding carboxylic acids is 1. The molecular formula is C23H27N5O3. The molecule has 0 saturated carbocycles. The molecule has 4 N–H and O–H groups in total. The van der Waals surface area contributed by atoms with Crippen molar-refractivity contribution in [2.75, 3.05) is 20.3 Å². The molecule has 3 rings (SSSR count). The molecule has 31 heavy (non-hydrogen) atoms. The van der Waals surface area contributed by atoms with E-state index in [9.17, 15) is 4.79 Å². The van der Waals surface area contributed by atoms with Gasteiger partial charge in [-0.1, -0.05) is 24.3 Å². The van der Waals surface area contributed by atoms with Crippen LogP contribution in [0.3, 0.4) is 0 Å². The normalized spacial score (nSPS) is 10.6. The van der Waals surface area contributed by atoms with E-state index in [1.165, 1.54) is 0 Å². The number of amides is 1. The van der Waals surface area contributed by atoms with Gasteiger partial charge in [0.2, 0.25) is 5.91 Å². The second kappa shape index (κ2) is 10.9. The Hall–Kier alpha value is -3.65. The lowest BCUT2D eigenvalue weighted by molar-refractivity contribution is -0.119. The summed E-state index contributed by atoms with van der Waals surface area (Å²) in [6.45, 7) is 1.14. The number of nitrogens with two attached hydrogens (primary N) is 1. The maximum atomic E-state index is 11.8. The monoisotopic (exact) mass is 421 g/mol. The van der Waals surface area contributed by atoms with Crippen molar-refractivity contribution in [2.24, 2.45) is 5.73 Å². The minimum Gasteiger partial charge on any atom is -0.493 e. The summed E-state index contributed by atoms with van der Waals surface area (Å²) < 4.78 is 13.0. The van der Waals surface area contributed by atoms with E-state index in [4.69, 9.17) is 20.6 Å². The highest BCUT2D eigenvalue weighted by Crippen LogP contribution is 2.32. The number of aromatic nitrogens is 2. The Bertz CT molecular complexity index is 1020. The first-order chi connectivity index (χ1) is 15.1. The Kier molecular flexibility index (Phi) is 7.78. The average molecular weight is 422 g/mol. The van der Waals surface area contributed by atoms with Crippen LogP contribution in [-0.4, -0.2) is 42.0 Å². The minimum atomic E-state index is -0.348. The van der Waals surface area contributed by atoms with Gasteiger partial charge in [-0.15, -0.1) is 0 Å². The van der Waals surface area contributed by atoms with Gasteiger partial charge in [-0.2, -0.15) is 5.10 Å². The molecule has 0 atom stereocenters. The molecule has 0 radical (unpaired) electrons. The molecule has 0 aliphatic heterocycles. The fourth-order valence-electron chi connectivity index (χ4n) is 3.17. The van der Waals surface area contributed by atoms with E-state index in [1.807, 2.05) is 53.3 Å². The largest absolute Gasteiger partial charge is 0.493 e. The summed E-state index contributed by atoms with van der Waals surface area (Å²) in [7, 11) is 1.67. The Morgan fingerprint density at radius 1 is 1.19 bits per heavy atom. The summed E-state index contributed by atoms with van der Waals surface area (Å²) in [6.07, 6.45) is 5.16. The molecule has 162 valence electrons. The fraction of sp³-hybridized carbons (Fsp3) is 0.261. The predicted molar refractivity (Wildman–Crippen MR) is 119 cm³/mol. The number of hydrogen-bond donors (Lipinski definition) is 3. The van der Waals surface area contributed by atoms with Crippen LogP contribution in [0.4, 0.5) is 0 Å². The minimum absolute atomic E-state index is 0.233. The second-order valence-corrected chi connectivity index (χ2v) is 6.99. The van der Waals surface area contributed by atoms with E-state index in [0.717, 1.165) is 34.5 Å². The van der Waals surface area contributed by atoms with Crippen molar-refractivity contribution in [3.8, 4) is 22.6 Å². The molecule has 0 spiro atoms. The predicted octanol–water partition coefficient (Wildman–Crippen LogP) is 2.90. The van der Waals surface area contributed by atoms with Gasteiger partial charge in [0.1, 0.15) is 5.75 Å². The van der Waals surface area contributed by atoms with Crippen LogP contribution in [0.2, 0.25) is 0 Å². The zero-order valence-electron chi connectivity index (χ0n) is 17.5. The van der Waals surface area contributed by atoms with Crippen LogP contribution in [0, 0.1) is 5.41 Å². The lowest BCUT2D eigenvalue weighted by Gasteiger charge is -2.15. The van der Waals surface area contributed by atoms with Crippen LogP contribution < -0.4 is 15.8 Å². The smallest absolute Gasteiger partial charge is 0.226 e. The Morgan fingerprint density at radius 3 is 2.81 bits per heavy atom. The van der Waals surface area contributed by atoms with Gasteiger partial charge in [0.25, 0.3) is 0 Å². The molecule has 0 unspecified atom stereocenters. The maximum Gasteiger partial charge on any atom is 0.226 e. The van der Waals surface area contributed by atoms with Gasteiger partial charge in [-0.3, -0.25) is 15.5 Å². The van der Waals surface area contributed by atoms with Crippen LogP contribution in [0.5, 0.6) is 5.75 Å². The van der Waals surface area contributed by atoms with E-state index in [1.54, 1.807) is 13.3 Å². The highest BCUT2D eigenvalue weighted by molar-refractivity contribution is 5.94. The summed E-state index contributed by atoms with van der Waals surface area (Å²) >= 11 is 0. The Morgan fingerprint density at radius 2 is 2.06 bits per heavy atom. The number of benzene rings is 2. The van der Waals surface area contributed by atoms with E-state index in [-0.39, 0.29) is 18.3 Å². The third-order valence-corrected chi connectivity index (χ3v) is 4.64. The van der Waals surface area contributed by atoms with Crippen molar-refractivity contribution in [3.05, 3.63) is 66.5 Å². The van der Waals surface area contributed by atoms with Crippen molar-refractivity contribution in [3.63, 3.8) is 0 Å². The van der Waals surface area contributed by atoms with Gasteiger partial charge in [0.15, 0.2) is 5.96 Å². The number of ether oxygens (including phenoxy) is 2. The number of carbonyl (C=O) groups is 1. The fourth-order valence-corrected chi connectivity index (χ4v) is 3.17. The van der Waals surface area contributed by atoms with Crippen molar-refractivity contribution < 1.29 is 14.3 Å². The van der Waals surface area contributed by atoms with Crippen LogP contribution in [0.25, 0.3) is 16.8 Å². The summed E-state index contributed by atoms with van der Waals surface area (Å²) in [5, 5.41) is 13.8. The number of hydrogen-bond acceptors (Lipinski definition) is 5. The van der Waals surface area contributed by atoms with Gasteiger partial charge in [0, 0.05) is 44.5 Å². The summed E-state index contributed by atoms with van der Waals surface area (Å²) in [4.78, 5) is 11.8. The lowest BCUT2D eigenvalue weighted by Crippen LogP contribution is -2.35. The average Bonchev–Trinajstić information content (AvgIpc) is 3.30. The second-order valence-electron chi connectivity index (χ2n) is 6.99. The van der Waals surface area contributed by atoms with E-state index >= 15 is 0 Å². The Balaban J connectivity index is 1.83. The van der Waals surface area contributed by atoms with Crippen molar-refractivity contribution in [1.29, 1.82) is 5.41 Å². The highest BCUT2D eigenvalue weighted by Gasteiger charge is 2.11. The maximum absolute atomic E-state index is 11.8. The number of nitrogens with zero attached hydrogens (tertiary/aromatic N) is 2. The zero-order valence-corrected chi connectivity index (χ0v) is 17.5. The number of methoxy groups -OCH3 is 1.